The third kappa shape index (κ3) is 2.38. The van der Waals surface area contributed by atoms with E-state index in [2.05, 4.69) is 21.2 Å². The van der Waals surface area contributed by atoms with Crippen LogP contribution in [-0.2, 0) is 6.54 Å². The number of hydrogen-bond donors (Lipinski definition) is 2. The highest BCUT2D eigenvalue weighted by atomic mass is 15.0. The number of hydrogen-bond acceptors (Lipinski definition) is 2. The Hall–Kier alpha value is -2.21. The summed E-state index contributed by atoms with van der Waals surface area (Å²) in [6, 6.07) is 7.74. The van der Waals surface area contributed by atoms with Gasteiger partial charge in [-0.3, -0.25) is 0 Å². The fraction of sp³-hybridized carbons (Fsp3) is 0.0833. The Morgan fingerprint density at radius 1 is 1.47 bits per heavy atom. The second kappa shape index (κ2) is 4.34. The van der Waals surface area contributed by atoms with Crippen LogP contribution >= 0.6 is 0 Å². The van der Waals surface area contributed by atoms with Crippen LogP contribution in [0.2, 0.25) is 0 Å². The van der Waals surface area contributed by atoms with E-state index in [1.165, 1.54) is 0 Å². The minimum atomic E-state index is 0.668. The summed E-state index contributed by atoms with van der Waals surface area (Å²) in [6.45, 7) is 0.668. The van der Waals surface area contributed by atoms with Crippen molar-refractivity contribution >= 4 is 5.69 Å². The molecule has 0 amide bonds. The fourth-order valence-corrected chi connectivity index (χ4v) is 1.30. The van der Waals surface area contributed by atoms with E-state index in [-0.39, 0.29) is 0 Å². The Labute approximate surface area is 88.6 Å². The number of nitrogens with zero attached hydrogens (tertiary/aromatic N) is 1. The Morgan fingerprint density at radius 3 is 3.13 bits per heavy atom. The van der Waals surface area contributed by atoms with E-state index in [0.717, 1.165) is 17.1 Å². The summed E-state index contributed by atoms with van der Waals surface area (Å²) in [4.78, 5) is 7.14. The van der Waals surface area contributed by atoms with Crippen molar-refractivity contribution in [3.05, 3.63) is 48.0 Å². The van der Waals surface area contributed by atoms with Crippen molar-refractivity contribution in [3.63, 3.8) is 0 Å². The van der Waals surface area contributed by atoms with Crippen LogP contribution in [0.3, 0.4) is 0 Å². The van der Waals surface area contributed by atoms with Gasteiger partial charge >= 0.3 is 0 Å². The molecule has 2 rings (SSSR count). The summed E-state index contributed by atoms with van der Waals surface area (Å²) in [5.74, 6) is 3.50. The predicted octanol–water partition coefficient (Wildman–Crippen LogP) is 2.00. The lowest BCUT2D eigenvalue weighted by Crippen LogP contribution is -2.00. The molecule has 0 spiro atoms. The summed E-state index contributed by atoms with van der Waals surface area (Å²) in [7, 11) is 0. The lowest BCUT2D eigenvalue weighted by molar-refractivity contribution is 1.000. The van der Waals surface area contributed by atoms with Gasteiger partial charge in [-0.1, -0.05) is 12.0 Å². The van der Waals surface area contributed by atoms with Gasteiger partial charge in [-0.05, 0) is 18.2 Å². The van der Waals surface area contributed by atoms with Gasteiger partial charge in [0.15, 0.2) is 0 Å². The molecule has 0 aliphatic carbocycles. The molecular weight excluding hydrogens is 186 g/mol. The van der Waals surface area contributed by atoms with E-state index in [1.54, 1.807) is 12.4 Å². The first kappa shape index (κ1) is 9.35. The number of anilines is 1. The Bertz CT molecular complexity index is 466. The van der Waals surface area contributed by atoms with Gasteiger partial charge in [0.25, 0.3) is 0 Å². The Kier molecular flexibility index (Phi) is 2.70. The number of aromatic amines is 1. The van der Waals surface area contributed by atoms with Crippen LogP contribution in [0.25, 0.3) is 0 Å². The molecule has 0 bridgehead atoms. The highest BCUT2D eigenvalue weighted by Crippen LogP contribution is 2.10. The molecule has 0 radical (unpaired) electrons. The van der Waals surface area contributed by atoms with E-state index >= 15 is 0 Å². The summed E-state index contributed by atoms with van der Waals surface area (Å²) in [5.41, 5.74) is 1.88. The number of aromatic nitrogens is 2. The van der Waals surface area contributed by atoms with E-state index in [4.69, 9.17) is 6.42 Å². The first-order valence-electron chi connectivity index (χ1n) is 4.67. The van der Waals surface area contributed by atoms with Gasteiger partial charge in [-0.25, -0.2) is 4.98 Å². The quantitative estimate of drug-likeness (QED) is 0.739. The topological polar surface area (TPSA) is 40.7 Å². The molecule has 3 nitrogen and oxygen atoms in total. The Morgan fingerprint density at radius 2 is 2.40 bits per heavy atom. The van der Waals surface area contributed by atoms with Gasteiger partial charge in [0.1, 0.15) is 5.82 Å². The predicted molar refractivity (Wildman–Crippen MR) is 60.3 cm³/mol. The molecule has 0 aliphatic heterocycles. The van der Waals surface area contributed by atoms with E-state index in [9.17, 15) is 0 Å². The van der Waals surface area contributed by atoms with Crippen molar-refractivity contribution in [1.29, 1.82) is 0 Å². The van der Waals surface area contributed by atoms with Gasteiger partial charge in [-0.2, -0.15) is 0 Å². The summed E-state index contributed by atoms with van der Waals surface area (Å²) < 4.78 is 0. The number of imidazole rings is 1. The number of benzene rings is 1. The molecule has 1 aromatic heterocycles. The van der Waals surface area contributed by atoms with Gasteiger partial charge in [0.05, 0.1) is 6.54 Å². The Balaban J connectivity index is 2.02. The number of H-pyrrole nitrogens is 1. The fourth-order valence-electron chi connectivity index (χ4n) is 1.30. The summed E-state index contributed by atoms with van der Waals surface area (Å²) in [6.07, 6.45) is 8.84. The molecule has 0 saturated heterocycles. The van der Waals surface area contributed by atoms with Crippen molar-refractivity contribution in [1.82, 2.24) is 9.97 Å². The highest BCUT2D eigenvalue weighted by molar-refractivity contribution is 5.49. The second-order valence-corrected chi connectivity index (χ2v) is 3.11. The lowest BCUT2D eigenvalue weighted by atomic mass is 10.2. The zero-order valence-electron chi connectivity index (χ0n) is 8.20. The molecule has 0 atom stereocenters. The van der Waals surface area contributed by atoms with Crippen LogP contribution < -0.4 is 5.32 Å². The average Bonchev–Trinajstić information content (AvgIpc) is 2.79. The molecule has 0 aliphatic rings. The molecule has 15 heavy (non-hydrogen) atoms. The highest BCUT2D eigenvalue weighted by Gasteiger charge is 1.95. The van der Waals surface area contributed by atoms with Crippen molar-refractivity contribution in [2.75, 3.05) is 5.32 Å². The normalized spacial score (nSPS) is 9.53. The first-order chi connectivity index (χ1) is 7.38. The van der Waals surface area contributed by atoms with Crippen molar-refractivity contribution in [2.24, 2.45) is 0 Å². The van der Waals surface area contributed by atoms with Crippen LogP contribution in [0.4, 0.5) is 5.69 Å². The molecule has 3 heteroatoms. The van der Waals surface area contributed by atoms with Crippen molar-refractivity contribution in [3.8, 4) is 12.3 Å². The number of rotatable bonds is 3. The van der Waals surface area contributed by atoms with Crippen LogP contribution in [0.1, 0.15) is 11.4 Å². The molecule has 2 N–H and O–H groups in total. The molecular formula is C12H11N3. The van der Waals surface area contributed by atoms with E-state index < -0.39 is 0 Å². The van der Waals surface area contributed by atoms with Crippen LogP contribution in [0, 0.1) is 12.3 Å². The van der Waals surface area contributed by atoms with Crippen LogP contribution in [-0.4, -0.2) is 9.97 Å². The molecule has 74 valence electrons. The second-order valence-electron chi connectivity index (χ2n) is 3.11. The maximum atomic E-state index is 5.31. The minimum Gasteiger partial charge on any atom is -0.378 e. The largest absolute Gasteiger partial charge is 0.378 e. The molecule has 1 heterocycles. The molecule has 0 unspecified atom stereocenters. The van der Waals surface area contributed by atoms with Crippen molar-refractivity contribution in [2.45, 2.75) is 6.54 Å². The van der Waals surface area contributed by atoms with Gasteiger partial charge in [-0.15, -0.1) is 6.42 Å². The molecule has 2 aromatic rings. The summed E-state index contributed by atoms with van der Waals surface area (Å²) in [5, 5.41) is 3.23. The first-order valence-corrected chi connectivity index (χ1v) is 4.67. The SMILES string of the molecule is C#Cc1cccc(NCc2ncc[nH]2)c1. The minimum absolute atomic E-state index is 0.668. The maximum absolute atomic E-state index is 5.31. The van der Waals surface area contributed by atoms with Gasteiger partial charge in [0.2, 0.25) is 0 Å². The molecule has 0 saturated carbocycles. The van der Waals surface area contributed by atoms with E-state index in [1.807, 2.05) is 24.3 Å². The van der Waals surface area contributed by atoms with Gasteiger partial charge < -0.3 is 10.3 Å². The summed E-state index contributed by atoms with van der Waals surface area (Å²) >= 11 is 0. The number of nitrogens with one attached hydrogen (secondary N) is 2. The number of terminal acetylenes is 1. The van der Waals surface area contributed by atoms with E-state index in [0.29, 0.717) is 6.54 Å². The van der Waals surface area contributed by atoms with Gasteiger partial charge in [0, 0.05) is 23.6 Å². The molecule has 0 fully saturated rings. The van der Waals surface area contributed by atoms with Crippen LogP contribution in [0.5, 0.6) is 0 Å². The zero-order chi connectivity index (χ0) is 10.5. The smallest absolute Gasteiger partial charge is 0.125 e. The standard InChI is InChI=1S/C12H11N3/c1-2-10-4-3-5-11(8-10)15-9-12-13-6-7-14-12/h1,3-8,15H,9H2,(H,13,14). The average molecular weight is 197 g/mol. The van der Waals surface area contributed by atoms with Crippen molar-refractivity contribution < 1.29 is 0 Å². The maximum Gasteiger partial charge on any atom is 0.125 e. The van der Waals surface area contributed by atoms with Crippen LogP contribution in [0.15, 0.2) is 36.7 Å². The third-order valence-corrected chi connectivity index (χ3v) is 2.04. The third-order valence-electron chi connectivity index (χ3n) is 2.04. The molecule has 1 aromatic carbocycles. The monoisotopic (exact) mass is 197 g/mol. The lowest BCUT2D eigenvalue weighted by Gasteiger charge is -2.04. The zero-order valence-corrected chi connectivity index (χ0v) is 8.20.